The Morgan fingerprint density at radius 2 is 1.40 bits per heavy atom. The van der Waals surface area contributed by atoms with Crippen LogP contribution in [0.2, 0.25) is 0 Å². The molecule has 3 heteroatoms. The Balaban J connectivity index is 0. The zero-order valence-electron chi connectivity index (χ0n) is 7.43. The van der Waals surface area contributed by atoms with Crippen LogP contribution in [0.3, 0.4) is 0 Å². The van der Waals surface area contributed by atoms with Gasteiger partial charge in [0.25, 0.3) is 0 Å². The highest BCUT2D eigenvalue weighted by Gasteiger charge is 2.11. The van der Waals surface area contributed by atoms with Crippen LogP contribution in [0.1, 0.15) is 26.7 Å². The van der Waals surface area contributed by atoms with Gasteiger partial charge >= 0.3 is 0 Å². The second kappa shape index (κ2) is 5.65. The van der Waals surface area contributed by atoms with E-state index in [0.29, 0.717) is 4.59 Å². The molecule has 0 aliphatic carbocycles. The van der Waals surface area contributed by atoms with Crippen LogP contribution in [-0.2, 0) is 0 Å². The van der Waals surface area contributed by atoms with Crippen molar-refractivity contribution in [2.45, 2.75) is 26.7 Å². The summed E-state index contributed by atoms with van der Waals surface area (Å²) >= 11 is 0. The molecule has 10 heavy (non-hydrogen) atoms. The van der Waals surface area contributed by atoms with Crippen LogP contribution in [0, 0.1) is 0 Å². The second-order valence-electron chi connectivity index (χ2n) is 2.93. The van der Waals surface area contributed by atoms with Crippen LogP contribution in [0.25, 0.3) is 6.15 Å². The molecule has 0 fully saturated rings. The summed E-state index contributed by atoms with van der Waals surface area (Å²) in [6, 6.07) is 0. The van der Waals surface area contributed by atoms with E-state index in [-0.39, 0.29) is 6.15 Å². The lowest BCUT2D eigenvalue weighted by Gasteiger charge is -2.26. The highest BCUT2D eigenvalue weighted by Crippen LogP contribution is 1.95. The first-order valence-corrected chi connectivity index (χ1v) is 3.75. The molecule has 0 heterocycles. The maximum absolute atomic E-state index is 5.88. The number of quaternary nitrogens is 1. The standard InChI is InChI=1S/C7H19N2.H2N/c1-4-6-9(3,8)7-5-2;/h4-8H2,1-3H3;1H2/q+1;-1. The van der Waals surface area contributed by atoms with Crippen molar-refractivity contribution in [3.05, 3.63) is 6.15 Å². The summed E-state index contributed by atoms with van der Waals surface area (Å²) in [5.41, 5.74) is 0. The molecule has 0 rings (SSSR count). The molecule has 0 amide bonds. The minimum absolute atomic E-state index is 0. The van der Waals surface area contributed by atoms with E-state index in [4.69, 9.17) is 5.84 Å². The zero-order chi connectivity index (χ0) is 7.33. The molecule has 4 N–H and O–H groups in total. The van der Waals surface area contributed by atoms with E-state index in [1.165, 1.54) is 12.8 Å². The van der Waals surface area contributed by atoms with E-state index >= 15 is 0 Å². The summed E-state index contributed by atoms with van der Waals surface area (Å²) in [4.78, 5) is 0. The topological polar surface area (TPSA) is 59.5 Å². The number of nitrogens with zero attached hydrogens (tertiary/aromatic N) is 1. The number of nitrogens with two attached hydrogens (primary N) is 2. The Labute approximate surface area is 64.3 Å². The van der Waals surface area contributed by atoms with Crippen molar-refractivity contribution in [2.24, 2.45) is 5.84 Å². The molecule has 0 aliphatic heterocycles. The minimum Gasteiger partial charge on any atom is -0.693 e. The van der Waals surface area contributed by atoms with Gasteiger partial charge in [-0.05, 0) is 12.8 Å². The van der Waals surface area contributed by atoms with Crippen LogP contribution in [0.5, 0.6) is 0 Å². The van der Waals surface area contributed by atoms with Crippen LogP contribution < -0.4 is 5.84 Å². The van der Waals surface area contributed by atoms with Gasteiger partial charge in [0, 0.05) is 0 Å². The van der Waals surface area contributed by atoms with E-state index in [1.54, 1.807) is 0 Å². The van der Waals surface area contributed by atoms with Gasteiger partial charge in [-0.1, -0.05) is 13.8 Å². The maximum Gasteiger partial charge on any atom is 0.0955 e. The van der Waals surface area contributed by atoms with Crippen molar-refractivity contribution in [1.82, 2.24) is 0 Å². The first-order chi connectivity index (χ1) is 4.12. The minimum atomic E-state index is 0. The lowest BCUT2D eigenvalue weighted by molar-refractivity contribution is -0.921. The Morgan fingerprint density at radius 1 is 1.10 bits per heavy atom. The third kappa shape index (κ3) is 6.01. The lowest BCUT2D eigenvalue weighted by atomic mass is 10.4. The van der Waals surface area contributed by atoms with Gasteiger partial charge in [0.15, 0.2) is 0 Å². The van der Waals surface area contributed by atoms with Crippen LogP contribution in [0.15, 0.2) is 0 Å². The van der Waals surface area contributed by atoms with Gasteiger partial charge in [-0.25, -0.2) is 0 Å². The molecule has 0 aliphatic rings. The van der Waals surface area contributed by atoms with Gasteiger partial charge in [-0.3, -0.25) is 4.59 Å². The van der Waals surface area contributed by atoms with Crippen molar-refractivity contribution < 1.29 is 4.59 Å². The molecule has 3 nitrogen and oxygen atoms in total. The molecule has 0 spiro atoms. The Bertz CT molecular complexity index is 63.3. The van der Waals surface area contributed by atoms with Crippen molar-refractivity contribution in [3.63, 3.8) is 0 Å². The van der Waals surface area contributed by atoms with E-state index < -0.39 is 0 Å². The Morgan fingerprint density at radius 3 is 1.60 bits per heavy atom. The molecule has 0 saturated carbocycles. The van der Waals surface area contributed by atoms with Crippen molar-refractivity contribution in [2.75, 3.05) is 20.1 Å². The Kier molecular flexibility index (Phi) is 7.09. The largest absolute Gasteiger partial charge is 0.693 e. The van der Waals surface area contributed by atoms with Crippen molar-refractivity contribution in [3.8, 4) is 0 Å². The van der Waals surface area contributed by atoms with Gasteiger partial charge in [0.1, 0.15) is 0 Å². The SMILES string of the molecule is CCC[N+](C)(N)CCC.[NH2-]. The third-order valence-electron chi connectivity index (χ3n) is 1.47. The number of hydrogen-bond donors (Lipinski definition) is 1. The average molecular weight is 147 g/mol. The van der Waals surface area contributed by atoms with Crippen LogP contribution >= 0.6 is 0 Å². The fourth-order valence-electron chi connectivity index (χ4n) is 1.13. The smallest absolute Gasteiger partial charge is 0.0955 e. The highest BCUT2D eigenvalue weighted by molar-refractivity contribution is 4.28. The monoisotopic (exact) mass is 147 g/mol. The van der Waals surface area contributed by atoms with Crippen molar-refractivity contribution in [1.29, 1.82) is 0 Å². The molecule has 0 aromatic heterocycles. The molecule has 64 valence electrons. The molecule has 0 bridgehead atoms. The predicted octanol–water partition coefficient (Wildman–Crippen LogP) is 1.84. The van der Waals surface area contributed by atoms with Crippen LogP contribution in [-0.4, -0.2) is 24.7 Å². The summed E-state index contributed by atoms with van der Waals surface area (Å²) in [6.45, 7) is 6.51. The van der Waals surface area contributed by atoms with Crippen molar-refractivity contribution >= 4 is 0 Å². The Hall–Kier alpha value is -0.120. The molecule has 0 aromatic rings. The van der Waals surface area contributed by atoms with Gasteiger partial charge in [-0.2, -0.15) is 5.84 Å². The van der Waals surface area contributed by atoms with E-state index in [2.05, 4.69) is 20.9 Å². The summed E-state index contributed by atoms with van der Waals surface area (Å²) in [5.74, 6) is 5.88. The molecular weight excluding hydrogens is 126 g/mol. The molecular formula is C7H21N3. The second-order valence-corrected chi connectivity index (χ2v) is 2.93. The predicted molar refractivity (Wildman–Crippen MR) is 46.0 cm³/mol. The summed E-state index contributed by atoms with van der Waals surface area (Å²) in [7, 11) is 2.08. The van der Waals surface area contributed by atoms with E-state index in [0.717, 1.165) is 13.1 Å². The summed E-state index contributed by atoms with van der Waals surface area (Å²) in [6.07, 6.45) is 2.35. The molecule has 0 aromatic carbocycles. The van der Waals surface area contributed by atoms with Crippen LogP contribution in [0.4, 0.5) is 0 Å². The first kappa shape index (κ1) is 12.5. The molecule has 0 atom stereocenters. The average Bonchev–Trinajstić information content (AvgIpc) is 1.64. The van der Waals surface area contributed by atoms with Gasteiger partial charge in [-0.15, -0.1) is 0 Å². The molecule has 0 unspecified atom stereocenters. The molecule has 0 radical (unpaired) electrons. The molecule has 0 saturated heterocycles. The van der Waals surface area contributed by atoms with Gasteiger partial charge in [0.05, 0.1) is 20.1 Å². The quantitative estimate of drug-likeness (QED) is 0.368. The zero-order valence-corrected chi connectivity index (χ0v) is 7.43. The number of hydrogen-bond acceptors (Lipinski definition) is 1. The lowest BCUT2D eigenvalue weighted by Crippen LogP contribution is -2.51. The van der Waals surface area contributed by atoms with Gasteiger partial charge < -0.3 is 6.15 Å². The summed E-state index contributed by atoms with van der Waals surface area (Å²) < 4.78 is 0.688. The van der Waals surface area contributed by atoms with Gasteiger partial charge in [0.2, 0.25) is 0 Å². The number of rotatable bonds is 4. The highest BCUT2D eigenvalue weighted by atomic mass is 15.6. The third-order valence-corrected chi connectivity index (χ3v) is 1.47. The van der Waals surface area contributed by atoms with E-state index in [1.807, 2.05) is 0 Å². The normalized spacial score (nSPS) is 10.8. The summed E-state index contributed by atoms with van der Waals surface area (Å²) in [5, 5.41) is 0. The fourth-order valence-corrected chi connectivity index (χ4v) is 1.13. The van der Waals surface area contributed by atoms with E-state index in [9.17, 15) is 0 Å². The maximum atomic E-state index is 5.88. The fraction of sp³-hybridized carbons (Fsp3) is 1.00. The first-order valence-electron chi connectivity index (χ1n) is 3.75.